The van der Waals surface area contributed by atoms with Crippen molar-refractivity contribution in [1.82, 2.24) is 4.90 Å². The van der Waals surface area contributed by atoms with Gasteiger partial charge in [-0.25, -0.2) is 4.79 Å². The molecule has 2 aliphatic rings. The highest BCUT2D eigenvalue weighted by Gasteiger charge is 2.50. The van der Waals surface area contributed by atoms with E-state index >= 15 is 0 Å². The summed E-state index contributed by atoms with van der Waals surface area (Å²) in [6.07, 6.45) is 2.13. The molecule has 2 saturated heterocycles. The van der Waals surface area contributed by atoms with Gasteiger partial charge in [0.25, 0.3) is 0 Å². The van der Waals surface area contributed by atoms with Gasteiger partial charge in [-0.15, -0.1) is 0 Å². The highest BCUT2D eigenvalue weighted by molar-refractivity contribution is 6.03. The van der Waals surface area contributed by atoms with E-state index in [1.165, 1.54) is 12.0 Å². The lowest BCUT2D eigenvalue weighted by molar-refractivity contribution is -0.156. The molecule has 118 valence electrons. The number of methoxy groups -OCH3 is 1. The molecule has 0 radical (unpaired) electrons. The molecule has 2 heterocycles. The molecule has 0 aliphatic carbocycles. The topological polar surface area (TPSA) is 72.9 Å². The van der Waals surface area contributed by atoms with Crippen molar-refractivity contribution >= 4 is 17.8 Å². The van der Waals surface area contributed by atoms with E-state index in [9.17, 15) is 14.4 Å². The number of hydrogen-bond donors (Lipinski definition) is 0. The van der Waals surface area contributed by atoms with Gasteiger partial charge in [-0.05, 0) is 46.5 Å². The monoisotopic (exact) mass is 297 g/mol. The first-order valence-corrected chi connectivity index (χ1v) is 7.37. The molecule has 1 amide bonds. The van der Waals surface area contributed by atoms with Gasteiger partial charge in [0.1, 0.15) is 11.5 Å². The Morgan fingerprint density at radius 1 is 1.24 bits per heavy atom. The maximum Gasteiger partial charge on any atom is 0.411 e. The smallest absolute Gasteiger partial charge is 0.411 e. The zero-order valence-corrected chi connectivity index (χ0v) is 13.0. The SMILES string of the molecule is COC(=O)[C@@H]1C[C@H]2CCC[C@@H](C1=O)N2C(=O)OC(C)(C)C. The van der Waals surface area contributed by atoms with Crippen LogP contribution < -0.4 is 0 Å². The summed E-state index contributed by atoms with van der Waals surface area (Å²) in [5.74, 6) is -1.46. The molecule has 2 bridgehead atoms. The summed E-state index contributed by atoms with van der Waals surface area (Å²) in [5, 5.41) is 0. The number of rotatable bonds is 1. The Morgan fingerprint density at radius 2 is 1.90 bits per heavy atom. The lowest BCUT2D eigenvalue weighted by Gasteiger charge is -2.46. The van der Waals surface area contributed by atoms with Crippen molar-refractivity contribution in [3.05, 3.63) is 0 Å². The van der Waals surface area contributed by atoms with E-state index in [1.807, 2.05) is 0 Å². The third-order valence-corrected chi connectivity index (χ3v) is 4.01. The summed E-state index contributed by atoms with van der Waals surface area (Å²) in [6, 6.07) is -0.683. The molecule has 0 aromatic rings. The lowest BCUT2D eigenvalue weighted by Crippen LogP contribution is -2.61. The standard InChI is InChI=1S/C15H23NO5/c1-15(2,3)21-14(19)16-9-6-5-7-11(16)12(17)10(8-9)13(18)20-4/h9-11H,5-8H2,1-4H3/t9-,10-,11+/m1/s1. The number of amides is 1. The lowest BCUT2D eigenvalue weighted by atomic mass is 9.77. The second-order valence-electron chi connectivity index (χ2n) is 6.70. The molecule has 2 aliphatic heterocycles. The van der Waals surface area contributed by atoms with Gasteiger partial charge in [-0.3, -0.25) is 14.5 Å². The summed E-state index contributed by atoms with van der Waals surface area (Å²) in [4.78, 5) is 38.1. The fourth-order valence-electron chi connectivity index (χ4n) is 3.16. The quantitative estimate of drug-likeness (QED) is 0.546. The van der Waals surface area contributed by atoms with Gasteiger partial charge in [0, 0.05) is 6.04 Å². The summed E-state index contributed by atoms with van der Waals surface area (Å²) >= 11 is 0. The van der Waals surface area contributed by atoms with Crippen molar-refractivity contribution in [1.29, 1.82) is 0 Å². The Labute approximate surface area is 124 Å². The van der Waals surface area contributed by atoms with Crippen molar-refractivity contribution < 1.29 is 23.9 Å². The fourth-order valence-corrected chi connectivity index (χ4v) is 3.16. The number of carbonyl (C=O) groups excluding carboxylic acids is 3. The number of Topliss-reactive ketones (excluding diaryl/α,β-unsaturated/α-hetero) is 1. The first-order valence-electron chi connectivity index (χ1n) is 7.37. The molecule has 0 spiro atoms. The van der Waals surface area contributed by atoms with Gasteiger partial charge >= 0.3 is 12.1 Å². The molecule has 3 atom stereocenters. The van der Waals surface area contributed by atoms with Crippen LogP contribution in [0.5, 0.6) is 0 Å². The second kappa shape index (κ2) is 5.66. The highest BCUT2D eigenvalue weighted by Crippen LogP contribution is 2.36. The number of piperidine rings is 2. The molecule has 0 N–H and O–H groups in total. The minimum absolute atomic E-state index is 0.125. The van der Waals surface area contributed by atoms with Crippen LogP contribution in [0.4, 0.5) is 4.79 Å². The van der Waals surface area contributed by atoms with E-state index in [0.717, 1.165) is 12.8 Å². The molecule has 6 heteroatoms. The van der Waals surface area contributed by atoms with Crippen LogP contribution in [0.25, 0.3) is 0 Å². The van der Waals surface area contributed by atoms with Gasteiger partial charge < -0.3 is 9.47 Å². The Bertz CT molecular complexity index is 453. The third-order valence-electron chi connectivity index (χ3n) is 4.01. The van der Waals surface area contributed by atoms with Gasteiger partial charge in [0.15, 0.2) is 5.78 Å². The number of ketones is 1. The largest absolute Gasteiger partial charge is 0.468 e. The van der Waals surface area contributed by atoms with Crippen LogP contribution in [0.2, 0.25) is 0 Å². The van der Waals surface area contributed by atoms with Crippen molar-refractivity contribution in [2.75, 3.05) is 7.11 Å². The van der Waals surface area contributed by atoms with Crippen LogP contribution in [0, 0.1) is 5.92 Å². The predicted molar refractivity (Wildman–Crippen MR) is 74.6 cm³/mol. The van der Waals surface area contributed by atoms with E-state index in [-0.39, 0.29) is 11.8 Å². The van der Waals surface area contributed by atoms with Crippen LogP contribution in [0.1, 0.15) is 46.5 Å². The zero-order valence-electron chi connectivity index (χ0n) is 13.0. The van der Waals surface area contributed by atoms with Crippen LogP contribution in [-0.4, -0.2) is 47.5 Å². The zero-order chi connectivity index (χ0) is 15.8. The molecule has 0 saturated carbocycles. The van der Waals surface area contributed by atoms with Crippen LogP contribution in [0.3, 0.4) is 0 Å². The number of esters is 1. The second-order valence-corrected chi connectivity index (χ2v) is 6.70. The van der Waals surface area contributed by atoms with Crippen LogP contribution in [0.15, 0.2) is 0 Å². The molecule has 21 heavy (non-hydrogen) atoms. The fraction of sp³-hybridized carbons (Fsp3) is 0.800. The number of nitrogens with zero attached hydrogens (tertiary/aromatic N) is 1. The normalized spacial score (nSPS) is 29.0. The van der Waals surface area contributed by atoms with E-state index in [1.54, 1.807) is 20.8 Å². The number of hydrogen-bond acceptors (Lipinski definition) is 5. The average Bonchev–Trinajstić information content (AvgIpc) is 2.39. The van der Waals surface area contributed by atoms with Crippen molar-refractivity contribution in [2.45, 2.75) is 64.1 Å². The first kappa shape index (κ1) is 15.8. The number of ether oxygens (including phenoxy) is 2. The molecule has 0 unspecified atom stereocenters. The number of carbonyl (C=O) groups is 3. The van der Waals surface area contributed by atoms with E-state index in [4.69, 9.17) is 9.47 Å². The summed E-state index contributed by atoms with van der Waals surface area (Å²) in [7, 11) is 1.28. The first-order chi connectivity index (χ1) is 9.74. The summed E-state index contributed by atoms with van der Waals surface area (Å²) in [6.45, 7) is 5.39. The van der Waals surface area contributed by atoms with Gasteiger partial charge in [-0.2, -0.15) is 0 Å². The Morgan fingerprint density at radius 3 is 2.48 bits per heavy atom. The summed E-state index contributed by atoms with van der Waals surface area (Å²) in [5.41, 5.74) is -0.604. The third kappa shape index (κ3) is 3.19. The van der Waals surface area contributed by atoms with Crippen molar-refractivity contribution in [3.8, 4) is 0 Å². The van der Waals surface area contributed by atoms with Crippen molar-refractivity contribution in [3.63, 3.8) is 0 Å². The van der Waals surface area contributed by atoms with E-state index in [0.29, 0.717) is 12.8 Å². The van der Waals surface area contributed by atoms with Crippen LogP contribution in [-0.2, 0) is 19.1 Å². The molecule has 0 aromatic heterocycles. The molecular formula is C15H23NO5. The highest BCUT2D eigenvalue weighted by atomic mass is 16.6. The Kier molecular flexibility index (Phi) is 4.25. The van der Waals surface area contributed by atoms with Gasteiger partial charge in [-0.1, -0.05) is 0 Å². The van der Waals surface area contributed by atoms with Crippen molar-refractivity contribution in [2.24, 2.45) is 5.92 Å². The van der Waals surface area contributed by atoms with E-state index in [2.05, 4.69) is 0 Å². The molecule has 6 nitrogen and oxygen atoms in total. The van der Waals surface area contributed by atoms with Gasteiger partial charge in [0.2, 0.25) is 0 Å². The van der Waals surface area contributed by atoms with Gasteiger partial charge in [0.05, 0.1) is 13.2 Å². The Balaban J connectivity index is 2.20. The molecular weight excluding hydrogens is 274 g/mol. The molecule has 2 rings (SSSR count). The molecule has 2 fully saturated rings. The maximum absolute atomic E-state index is 12.5. The number of fused-ring (bicyclic) bond motifs is 2. The minimum Gasteiger partial charge on any atom is -0.468 e. The Hall–Kier alpha value is -1.59. The molecule has 0 aromatic carbocycles. The minimum atomic E-state index is -0.746. The average molecular weight is 297 g/mol. The van der Waals surface area contributed by atoms with Crippen LogP contribution >= 0.6 is 0 Å². The summed E-state index contributed by atoms with van der Waals surface area (Å²) < 4.78 is 10.1. The maximum atomic E-state index is 12.5. The van der Waals surface area contributed by atoms with E-state index < -0.39 is 29.6 Å². The predicted octanol–water partition coefficient (Wildman–Crippen LogP) is 1.91.